The van der Waals surface area contributed by atoms with Crippen LogP contribution in [0.5, 0.6) is 0 Å². The van der Waals surface area contributed by atoms with E-state index in [1.165, 1.54) is 19.3 Å². The molecule has 0 fully saturated rings. The van der Waals surface area contributed by atoms with Crippen LogP contribution in [-0.2, 0) is 33.2 Å². The van der Waals surface area contributed by atoms with Gasteiger partial charge < -0.3 is 28.4 Å². The van der Waals surface area contributed by atoms with Crippen LogP contribution in [0.2, 0.25) is 0 Å². The molecular formula is C22H44O7. The Labute approximate surface area is 177 Å². The van der Waals surface area contributed by atoms with Crippen LogP contribution < -0.4 is 0 Å². The molecule has 0 amide bonds. The second-order valence-electron chi connectivity index (χ2n) is 6.80. The predicted molar refractivity (Wildman–Crippen MR) is 113 cm³/mol. The second kappa shape index (κ2) is 25.3. The Balaban J connectivity index is 3.08. The zero-order valence-corrected chi connectivity index (χ0v) is 18.8. The lowest BCUT2D eigenvalue weighted by Crippen LogP contribution is -2.15. The van der Waals surface area contributed by atoms with Crippen molar-refractivity contribution in [3.05, 3.63) is 0 Å². The van der Waals surface area contributed by atoms with E-state index in [-0.39, 0.29) is 5.97 Å². The summed E-state index contributed by atoms with van der Waals surface area (Å²) in [4.78, 5) is 11.5. The highest BCUT2D eigenvalue weighted by Gasteiger charge is 2.02. The zero-order valence-electron chi connectivity index (χ0n) is 18.8. The standard InChI is InChI=1S/C22H44O7/c1-3-5-7-8-9-10-22(23)29-21-20-28-19-18-27-17-16-26-15-14-25-13-12-24-11-6-4-2/h3-21H2,1-2H3. The molecule has 0 aliphatic heterocycles. The average molecular weight is 421 g/mol. The van der Waals surface area contributed by atoms with E-state index in [0.29, 0.717) is 72.5 Å². The summed E-state index contributed by atoms with van der Waals surface area (Å²) >= 11 is 0. The van der Waals surface area contributed by atoms with Gasteiger partial charge in [0.15, 0.2) is 0 Å². The normalized spacial score (nSPS) is 11.1. The molecule has 0 aliphatic carbocycles. The van der Waals surface area contributed by atoms with E-state index >= 15 is 0 Å². The molecule has 0 saturated carbocycles. The first-order chi connectivity index (χ1) is 14.3. The molecule has 174 valence electrons. The van der Waals surface area contributed by atoms with Crippen LogP contribution in [0.4, 0.5) is 0 Å². The van der Waals surface area contributed by atoms with Gasteiger partial charge in [-0.05, 0) is 12.8 Å². The number of hydrogen-bond acceptors (Lipinski definition) is 7. The van der Waals surface area contributed by atoms with Crippen molar-refractivity contribution in [3.63, 3.8) is 0 Å². The van der Waals surface area contributed by atoms with Gasteiger partial charge in [-0.1, -0.05) is 46.0 Å². The topological polar surface area (TPSA) is 72.5 Å². The maximum Gasteiger partial charge on any atom is 0.305 e. The van der Waals surface area contributed by atoms with Crippen molar-refractivity contribution in [1.29, 1.82) is 0 Å². The number of esters is 1. The lowest BCUT2D eigenvalue weighted by atomic mass is 10.1. The lowest BCUT2D eigenvalue weighted by Gasteiger charge is -2.08. The van der Waals surface area contributed by atoms with Crippen LogP contribution in [0.15, 0.2) is 0 Å². The Kier molecular flexibility index (Phi) is 24.7. The van der Waals surface area contributed by atoms with Gasteiger partial charge in [0.25, 0.3) is 0 Å². The van der Waals surface area contributed by atoms with Crippen LogP contribution in [0.25, 0.3) is 0 Å². The van der Waals surface area contributed by atoms with Gasteiger partial charge in [-0.3, -0.25) is 4.79 Å². The summed E-state index contributed by atoms with van der Waals surface area (Å²) in [7, 11) is 0. The molecule has 29 heavy (non-hydrogen) atoms. The summed E-state index contributed by atoms with van der Waals surface area (Å²) < 4.78 is 32.1. The highest BCUT2D eigenvalue weighted by atomic mass is 16.6. The van der Waals surface area contributed by atoms with Gasteiger partial charge >= 0.3 is 5.97 Å². The Morgan fingerprint density at radius 1 is 0.483 bits per heavy atom. The molecular weight excluding hydrogens is 376 g/mol. The third-order valence-electron chi connectivity index (χ3n) is 4.11. The van der Waals surface area contributed by atoms with Crippen molar-refractivity contribution in [2.45, 2.75) is 65.2 Å². The molecule has 0 radical (unpaired) electrons. The van der Waals surface area contributed by atoms with Crippen LogP contribution in [0, 0.1) is 0 Å². The largest absolute Gasteiger partial charge is 0.463 e. The Bertz CT molecular complexity index is 326. The summed E-state index contributed by atoms with van der Waals surface area (Å²) in [6.45, 7) is 10.2. The predicted octanol–water partition coefficient (Wildman–Crippen LogP) is 3.77. The summed E-state index contributed by atoms with van der Waals surface area (Å²) in [6.07, 6.45) is 8.41. The molecule has 0 aromatic heterocycles. The molecule has 0 unspecified atom stereocenters. The number of rotatable bonds is 24. The molecule has 0 rings (SSSR count). The number of carbonyl (C=O) groups is 1. The van der Waals surface area contributed by atoms with E-state index < -0.39 is 0 Å². The average Bonchev–Trinajstić information content (AvgIpc) is 2.72. The quantitative estimate of drug-likeness (QED) is 0.174. The Hall–Kier alpha value is -0.730. The molecule has 0 bridgehead atoms. The Morgan fingerprint density at radius 3 is 1.38 bits per heavy atom. The van der Waals surface area contributed by atoms with E-state index in [2.05, 4.69) is 13.8 Å². The minimum atomic E-state index is -0.133. The van der Waals surface area contributed by atoms with Crippen molar-refractivity contribution in [2.24, 2.45) is 0 Å². The molecule has 0 heterocycles. The monoisotopic (exact) mass is 420 g/mol. The number of unbranched alkanes of at least 4 members (excludes halogenated alkanes) is 5. The van der Waals surface area contributed by atoms with Gasteiger partial charge in [-0.2, -0.15) is 0 Å². The summed E-state index contributed by atoms with van der Waals surface area (Å²) in [5.74, 6) is -0.133. The van der Waals surface area contributed by atoms with E-state index in [4.69, 9.17) is 28.4 Å². The molecule has 0 N–H and O–H groups in total. The third-order valence-corrected chi connectivity index (χ3v) is 4.11. The van der Waals surface area contributed by atoms with Crippen molar-refractivity contribution >= 4 is 5.97 Å². The van der Waals surface area contributed by atoms with Crippen molar-refractivity contribution in [1.82, 2.24) is 0 Å². The maximum absolute atomic E-state index is 11.5. The smallest absolute Gasteiger partial charge is 0.305 e. The number of hydrogen-bond donors (Lipinski definition) is 0. The van der Waals surface area contributed by atoms with Gasteiger partial charge in [0.05, 0.1) is 59.5 Å². The summed E-state index contributed by atoms with van der Waals surface area (Å²) in [5, 5.41) is 0. The molecule has 0 aromatic carbocycles. The van der Waals surface area contributed by atoms with E-state index in [1.807, 2.05) is 0 Å². The highest BCUT2D eigenvalue weighted by Crippen LogP contribution is 2.05. The second-order valence-corrected chi connectivity index (χ2v) is 6.80. The van der Waals surface area contributed by atoms with E-state index in [1.54, 1.807) is 0 Å². The van der Waals surface area contributed by atoms with Gasteiger partial charge in [0.1, 0.15) is 6.61 Å². The number of ether oxygens (including phenoxy) is 6. The fraction of sp³-hybridized carbons (Fsp3) is 0.955. The summed E-state index contributed by atoms with van der Waals surface area (Å²) in [5.41, 5.74) is 0. The molecule has 0 atom stereocenters. The summed E-state index contributed by atoms with van der Waals surface area (Å²) in [6, 6.07) is 0. The van der Waals surface area contributed by atoms with Gasteiger partial charge in [0, 0.05) is 13.0 Å². The fourth-order valence-electron chi connectivity index (χ4n) is 2.39. The van der Waals surface area contributed by atoms with Crippen molar-refractivity contribution in [2.75, 3.05) is 72.7 Å². The zero-order chi connectivity index (χ0) is 21.3. The van der Waals surface area contributed by atoms with Crippen LogP contribution in [-0.4, -0.2) is 78.6 Å². The van der Waals surface area contributed by atoms with E-state index in [9.17, 15) is 4.79 Å². The maximum atomic E-state index is 11.5. The minimum Gasteiger partial charge on any atom is -0.463 e. The van der Waals surface area contributed by atoms with Gasteiger partial charge in [0.2, 0.25) is 0 Å². The van der Waals surface area contributed by atoms with Crippen LogP contribution >= 0.6 is 0 Å². The van der Waals surface area contributed by atoms with Gasteiger partial charge in [-0.25, -0.2) is 0 Å². The minimum absolute atomic E-state index is 0.133. The third kappa shape index (κ3) is 25.2. The van der Waals surface area contributed by atoms with E-state index in [0.717, 1.165) is 32.3 Å². The van der Waals surface area contributed by atoms with Crippen molar-refractivity contribution < 1.29 is 33.2 Å². The first-order valence-electron chi connectivity index (χ1n) is 11.4. The number of carbonyl (C=O) groups excluding carboxylic acids is 1. The molecule has 0 saturated heterocycles. The first kappa shape index (κ1) is 28.3. The highest BCUT2D eigenvalue weighted by molar-refractivity contribution is 5.69. The molecule has 0 spiro atoms. The van der Waals surface area contributed by atoms with Crippen LogP contribution in [0.1, 0.15) is 65.2 Å². The SMILES string of the molecule is CCCCCCCC(=O)OCCOCCOCCOCCOCCOCCCC. The lowest BCUT2D eigenvalue weighted by molar-refractivity contribution is -0.145. The molecule has 0 aliphatic rings. The molecule has 7 nitrogen and oxygen atoms in total. The van der Waals surface area contributed by atoms with Crippen molar-refractivity contribution in [3.8, 4) is 0 Å². The first-order valence-corrected chi connectivity index (χ1v) is 11.4. The molecule has 0 aromatic rings. The fourth-order valence-corrected chi connectivity index (χ4v) is 2.39. The Morgan fingerprint density at radius 2 is 0.897 bits per heavy atom. The molecule has 7 heteroatoms. The van der Waals surface area contributed by atoms with Gasteiger partial charge in [-0.15, -0.1) is 0 Å². The van der Waals surface area contributed by atoms with Crippen LogP contribution in [0.3, 0.4) is 0 Å².